The molecule has 1 saturated heterocycles. The van der Waals surface area contributed by atoms with Gasteiger partial charge in [-0.25, -0.2) is 4.79 Å². The van der Waals surface area contributed by atoms with Crippen LogP contribution in [0.25, 0.3) is 22.0 Å². The monoisotopic (exact) mass is 647 g/mol. The second kappa shape index (κ2) is 15.1. The van der Waals surface area contributed by atoms with Crippen molar-refractivity contribution in [2.24, 2.45) is 5.92 Å². The van der Waals surface area contributed by atoms with E-state index >= 15 is 0 Å². The van der Waals surface area contributed by atoms with Crippen LogP contribution < -0.4 is 11.1 Å². The van der Waals surface area contributed by atoms with E-state index < -0.39 is 12.2 Å². The molecule has 12 nitrogen and oxygen atoms in total. The van der Waals surface area contributed by atoms with Crippen molar-refractivity contribution < 1.29 is 33.3 Å². The molecule has 0 aliphatic carbocycles. The van der Waals surface area contributed by atoms with Gasteiger partial charge in [0, 0.05) is 49.7 Å². The lowest BCUT2D eigenvalue weighted by atomic mass is 9.81. The summed E-state index contributed by atoms with van der Waals surface area (Å²) in [6, 6.07) is 14.6. The van der Waals surface area contributed by atoms with Gasteiger partial charge >= 0.3 is 5.69 Å². The summed E-state index contributed by atoms with van der Waals surface area (Å²) in [5, 5.41) is 9.37. The topological polar surface area (TPSA) is 145 Å². The molecule has 250 valence electrons. The first kappa shape index (κ1) is 32.7. The van der Waals surface area contributed by atoms with E-state index in [9.17, 15) is 14.4 Å². The normalized spacial score (nSPS) is 20.4. The molecular weight excluding hydrogens is 606 g/mol. The number of benzene rings is 2. The number of likely N-dealkylation sites (tertiary alicyclic amines) is 1. The number of carbonyl (C=O) groups excluding carboxylic acids is 1. The lowest BCUT2D eigenvalue weighted by molar-refractivity contribution is -0.172. The standard InChI is InChI=1S/C35H41N3O9/c1-2-45-34-24(13-17-43-19-20-44-18-16-39)26(27-22-46-30-10-6-3-7-25(30)32(27)40)21-31(47-34)33(41)37-14-11-23(12-15-37)38-29-9-5-4-8-28(29)36-35(38)42/h3-10,21-24,26,34,39H,2,11-20H2,1H3,(H,36,42)/t24-,26-,34+/m0/s1. The molecule has 1 amide bonds. The zero-order valence-electron chi connectivity index (χ0n) is 26.5. The molecule has 2 aromatic carbocycles. The molecule has 0 saturated carbocycles. The molecule has 2 N–H and O–H groups in total. The molecule has 0 radical (unpaired) electrons. The Balaban J connectivity index is 1.24. The number of hydrogen-bond acceptors (Lipinski definition) is 9. The maximum atomic E-state index is 14.0. The molecule has 1 fully saturated rings. The third-order valence-corrected chi connectivity index (χ3v) is 8.94. The zero-order valence-corrected chi connectivity index (χ0v) is 26.5. The van der Waals surface area contributed by atoms with Crippen LogP contribution in [0, 0.1) is 5.92 Å². The number of carbonyl (C=O) groups is 1. The van der Waals surface area contributed by atoms with Gasteiger partial charge < -0.3 is 38.4 Å². The van der Waals surface area contributed by atoms with Gasteiger partial charge in [-0.15, -0.1) is 0 Å². The van der Waals surface area contributed by atoms with E-state index in [0.717, 1.165) is 11.0 Å². The van der Waals surface area contributed by atoms with Crippen molar-refractivity contribution >= 4 is 27.9 Å². The Bertz CT molecular complexity index is 1820. The number of aliphatic hydroxyl groups is 1. The van der Waals surface area contributed by atoms with E-state index in [2.05, 4.69) is 4.98 Å². The Morgan fingerprint density at radius 3 is 2.53 bits per heavy atom. The largest absolute Gasteiger partial charge is 0.464 e. The number of imidazole rings is 1. The molecule has 3 atom stereocenters. The number of nitrogens with zero attached hydrogens (tertiary/aromatic N) is 2. The summed E-state index contributed by atoms with van der Waals surface area (Å²) in [5.74, 6) is -1.06. The maximum Gasteiger partial charge on any atom is 0.326 e. The molecular formula is C35H41N3O9. The third-order valence-electron chi connectivity index (χ3n) is 8.94. The van der Waals surface area contributed by atoms with Crippen molar-refractivity contribution in [2.45, 2.75) is 44.4 Å². The van der Waals surface area contributed by atoms with Crippen LogP contribution in [-0.2, 0) is 23.7 Å². The molecule has 47 heavy (non-hydrogen) atoms. The molecule has 0 spiro atoms. The van der Waals surface area contributed by atoms with Crippen molar-refractivity contribution in [1.29, 1.82) is 0 Å². The summed E-state index contributed by atoms with van der Waals surface area (Å²) in [7, 11) is 0. The minimum Gasteiger partial charge on any atom is -0.464 e. The zero-order chi connectivity index (χ0) is 32.8. The second-order valence-corrected chi connectivity index (χ2v) is 11.8. The van der Waals surface area contributed by atoms with Gasteiger partial charge in [0.15, 0.2) is 11.2 Å². The summed E-state index contributed by atoms with van der Waals surface area (Å²) in [6.45, 7) is 4.28. The minimum absolute atomic E-state index is 0.0477. The van der Waals surface area contributed by atoms with Gasteiger partial charge in [0.05, 0.1) is 49.1 Å². The number of hydrogen-bond donors (Lipinski definition) is 2. The number of H-pyrrole nitrogens is 1. The van der Waals surface area contributed by atoms with Crippen molar-refractivity contribution in [3.05, 3.63) is 92.9 Å². The number of fused-ring (bicyclic) bond motifs is 2. The lowest BCUT2D eigenvalue weighted by Gasteiger charge is -2.38. The van der Waals surface area contributed by atoms with Crippen molar-refractivity contribution in [3.63, 3.8) is 0 Å². The van der Waals surface area contributed by atoms with Crippen LogP contribution in [0.2, 0.25) is 0 Å². The number of rotatable bonds is 13. The molecule has 12 heteroatoms. The molecule has 2 aliphatic heterocycles. The number of aromatic amines is 1. The highest BCUT2D eigenvalue weighted by molar-refractivity contribution is 5.92. The summed E-state index contributed by atoms with van der Waals surface area (Å²) in [6.07, 6.45) is 4.08. The Morgan fingerprint density at radius 1 is 1.00 bits per heavy atom. The molecule has 4 heterocycles. The highest BCUT2D eigenvalue weighted by Crippen LogP contribution is 2.39. The Kier molecular flexibility index (Phi) is 10.5. The van der Waals surface area contributed by atoms with E-state index in [4.69, 9.17) is 28.5 Å². The highest BCUT2D eigenvalue weighted by Gasteiger charge is 2.41. The SMILES string of the molecule is CCO[C@@H]1OC(C(=O)N2CCC(n3c(=O)[nH]c4ccccc43)CC2)=C[C@H](c2coc3ccccc3c2=O)[C@@H]1CCOCCOCCO. The predicted molar refractivity (Wildman–Crippen MR) is 174 cm³/mol. The van der Waals surface area contributed by atoms with Crippen LogP contribution >= 0.6 is 0 Å². The number of piperidine rings is 1. The van der Waals surface area contributed by atoms with Crippen molar-refractivity contribution in [1.82, 2.24) is 14.5 Å². The van der Waals surface area contributed by atoms with Crippen LogP contribution in [0.4, 0.5) is 0 Å². The molecule has 2 aromatic heterocycles. The average Bonchev–Trinajstić information content (AvgIpc) is 3.44. The van der Waals surface area contributed by atoms with Crippen LogP contribution in [0.3, 0.4) is 0 Å². The van der Waals surface area contributed by atoms with E-state index in [1.165, 1.54) is 6.26 Å². The Labute approximate surface area is 271 Å². The van der Waals surface area contributed by atoms with Gasteiger partial charge in [-0.3, -0.25) is 14.2 Å². The molecule has 4 aromatic rings. The summed E-state index contributed by atoms with van der Waals surface area (Å²) >= 11 is 0. The second-order valence-electron chi connectivity index (χ2n) is 11.8. The van der Waals surface area contributed by atoms with Crippen molar-refractivity contribution in [3.8, 4) is 0 Å². The maximum absolute atomic E-state index is 14.0. The van der Waals surface area contributed by atoms with Crippen LogP contribution in [0.15, 0.2) is 80.6 Å². The molecule has 2 aliphatic rings. The first-order valence-electron chi connectivity index (χ1n) is 16.3. The van der Waals surface area contributed by atoms with Gasteiger partial charge in [-0.05, 0) is 56.5 Å². The fourth-order valence-corrected chi connectivity index (χ4v) is 6.64. The van der Waals surface area contributed by atoms with Gasteiger partial charge in [0.2, 0.25) is 6.29 Å². The van der Waals surface area contributed by atoms with Gasteiger partial charge in [0.1, 0.15) is 5.58 Å². The van der Waals surface area contributed by atoms with Crippen LogP contribution in [0.1, 0.15) is 43.7 Å². The van der Waals surface area contributed by atoms with E-state index in [1.807, 2.05) is 37.3 Å². The Hall–Kier alpha value is -4.23. The number of para-hydroxylation sites is 3. The summed E-state index contributed by atoms with van der Waals surface area (Å²) < 4.78 is 31.1. The first-order valence-corrected chi connectivity index (χ1v) is 16.3. The third kappa shape index (κ3) is 7.05. The van der Waals surface area contributed by atoms with Crippen LogP contribution in [-0.4, -0.2) is 84.5 Å². The average molecular weight is 648 g/mol. The molecule has 0 unspecified atom stereocenters. The van der Waals surface area contributed by atoms with E-state index in [-0.39, 0.29) is 48.0 Å². The fraction of sp³-hybridized carbons (Fsp3) is 0.457. The van der Waals surface area contributed by atoms with Crippen LogP contribution in [0.5, 0.6) is 0 Å². The highest BCUT2D eigenvalue weighted by atomic mass is 16.7. The van der Waals surface area contributed by atoms with Crippen molar-refractivity contribution in [2.75, 3.05) is 52.7 Å². The quantitative estimate of drug-likeness (QED) is 0.208. The number of aromatic nitrogens is 2. The van der Waals surface area contributed by atoms with Gasteiger partial charge in [-0.1, -0.05) is 24.3 Å². The fourth-order valence-electron chi connectivity index (χ4n) is 6.64. The van der Waals surface area contributed by atoms with E-state index in [0.29, 0.717) is 75.3 Å². The molecule has 6 rings (SSSR count). The van der Waals surface area contributed by atoms with E-state index in [1.54, 1.807) is 33.7 Å². The predicted octanol–water partition coefficient (Wildman–Crippen LogP) is 3.69. The number of allylic oxidation sites excluding steroid dienone is 1. The first-order chi connectivity index (χ1) is 23.0. The van der Waals surface area contributed by atoms with Gasteiger partial charge in [0.25, 0.3) is 5.91 Å². The lowest BCUT2D eigenvalue weighted by Crippen LogP contribution is -2.44. The summed E-state index contributed by atoms with van der Waals surface area (Å²) in [5.41, 5.74) is 2.21. The number of aliphatic hydroxyl groups excluding tert-OH is 1. The minimum atomic E-state index is -0.809. The van der Waals surface area contributed by atoms with Gasteiger partial charge in [-0.2, -0.15) is 0 Å². The number of amides is 1. The summed E-state index contributed by atoms with van der Waals surface area (Å²) in [4.78, 5) is 45.2. The Morgan fingerprint density at radius 2 is 1.74 bits per heavy atom. The smallest absolute Gasteiger partial charge is 0.326 e. The number of nitrogens with one attached hydrogen (secondary N) is 1. The molecule has 0 bridgehead atoms. The number of ether oxygens (including phenoxy) is 4.